The number of para-hydroxylation sites is 1. The van der Waals surface area contributed by atoms with E-state index < -0.39 is 15.7 Å². The molecule has 0 aliphatic carbocycles. The Hall–Kier alpha value is -2.67. The summed E-state index contributed by atoms with van der Waals surface area (Å²) in [5, 5.41) is 4.98. The number of hydrogen-bond acceptors (Lipinski definition) is 4. The number of amides is 1. The molecule has 0 bridgehead atoms. The highest BCUT2D eigenvalue weighted by Gasteiger charge is 2.14. The lowest BCUT2D eigenvalue weighted by Crippen LogP contribution is -2.13. The molecule has 0 fully saturated rings. The van der Waals surface area contributed by atoms with Crippen molar-refractivity contribution in [1.82, 2.24) is 9.78 Å². The van der Waals surface area contributed by atoms with Crippen LogP contribution < -0.4 is 5.73 Å². The van der Waals surface area contributed by atoms with Gasteiger partial charge in [-0.25, -0.2) is 8.42 Å². The first-order valence-corrected chi connectivity index (χ1v) is 8.80. The molecule has 1 aromatic heterocycles. The van der Waals surface area contributed by atoms with Crippen molar-refractivity contribution in [3.63, 3.8) is 0 Å². The van der Waals surface area contributed by atoms with Gasteiger partial charge in [0.2, 0.25) is 0 Å². The van der Waals surface area contributed by atoms with Crippen LogP contribution in [0.5, 0.6) is 0 Å². The third kappa shape index (κ3) is 2.95. The number of hydrogen-bond donors (Lipinski definition) is 1. The number of nitrogens with two attached hydrogens (primary N) is 1. The molecule has 7 heteroatoms. The summed E-state index contributed by atoms with van der Waals surface area (Å²) < 4.78 is 24.7. The van der Waals surface area contributed by atoms with Gasteiger partial charge in [-0.2, -0.15) is 5.10 Å². The van der Waals surface area contributed by atoms with E-state index in [2.05, 4.69) is 5.10 Å². The van der Waals surface area contributed by atoms with Gasteiger partial charge >= 0.3 is 0 Å². The van der Waals surface area contributed by atoms with Gasteiger partial charge in [-0.15, -0.1) is 0 Å². The second-order valence-electron chi connectivity index (χ2n) is 5.30. The van der Waals surface area contributed by atoms with Gasteiger partial charge in [0.05, 0.1) is 17.0 Å². The summed E-state index contributed by atoms with van der Waals surface area (Å²) >= 11 is 0. The maximum Gasteiger partial charge on any atom is 0.269 e. The highest BCUT2D eigenvalue weighted by Crippen LogP contribution is 2.20. The van der Waals surface area contributed by atoms with Crippen LogP contribution in [0.4, 0.5) is 0 Å². The Bertz CT molecular complexity index is 989. The maximum atomic E-state index is 11.5. The maximum absolute atomic E-state index is 11.5. The monoisotopic (exact) mass is 329 g/mol. The SMILES string of the molecule is CS(=O)(=O)c1ccc(Cn2nc(C(N)=O)c3ccccc32)cc1. The molecule has 0 saturated carbocycles. The first-order chi connectivity index (χ1) is 10.9. The molecule has 0 aliphatic heterocycles. The number of carbonyl (C=O) groups excluding carboxylic acids is 1. The minimum Gasteiger partial charge on any atom is -0.364 e. The van der Waals surface area contributed by atoms with Crippen molar-refractivity contribution in [2.45, 2.75) is 11.4 Å². The molecule has 2 N–H and O–H groups in total. The van der Waals surface area contributed by atoms with E-state index in [1.807, 2.05) is 18.2 Å². The van der Waals surface area contributed by atoms with Crippen molar-refractivity contribution in [3.05, 3.63) is 59.8 Å². The zero-order chi connectivity index (χ0) is 16.6. The largest absolute Gasteiger partial charge is 0.364 e. The first kappa shape index (κ1) is 15.2. The van der Waals surface area contributed by atoms with E-state index in [4.69, 9.17) is 5.73 Å². The van der Waals surface area contributed by atoms with Crippen LogP contribution in [-0.2, 0) is 16.4 Å². The number of benzene rings is 2. The number of nitrogens with zero attached hydrogens (tertiary/aromatic N) is 2. The minimum atomic E-state index is -3.22. The van der Waals surface area contributed by atoms with Crippen LogP contribution in [0.15, 0.2) is 53.4 Å². The van der Waals surface area contributed by atoms with E-state index in [-0.39, 0.29) is 10.6 Å². The molecule has 3 aromatic rings. The molecule has 2 aromatic carbocycles. The molecule has 6 nitrogen and oxygen atoms in total. The molecule has 1 heterocycles. The van der Waals surface area contributed by atoms with Gasteiger partial charge in [0.15, 0.2) is 15.5 Å². The van der Waals surface area contributed by atoms with Crippen LogP contribution in [0, 0.1) is 0 Å². The average Bonchev–Trinajstić information content (AvgIpc) is 2.86. The second-order valence-corrected chi connectivity index (χ2v) is 7.32. The molecule has 0 aliphatic rings. The summed E-state index contributed by atoms with van der Waals surface area (Å²) in [6, 6.07) is 13.9. The van der Waals surface area contributed by atoms with Crippen molar-refractivity contribution in [2.24, 2.45) is 5.73 Å². The lowest BCUT2D eigenvalue weighted by molar-refractivity contribution is 0.0996. The van der Waals surface area contributed by atoms with Gasteiger partial charge in [0, 0.05) is 11.6 Å². The summed E-state index contributed by atoms with van der Waals surface area (Å²) in [6.45, 7) is 0.415. The van der Waals surface area contributed by atoms with Gasteiger partial charge in [0.25, 0.3) is 5.91 Å². The number of primary amides is 1. The first-order valence-electron chi connectivity index (χ1n) is 6.90. The van der Waals surface area contributed by atoms with Crippen molar-refractivity contribution in [1.29, 1.82) is 0 Å². The van der Waals surface area contributed by atoms with Gasteiger partial charge in [0.1, 0.15) is 0 Å². The Labute approximate surface area is 133 Å². The fraction of sp³-hybridized carbons (Fsp3) is 0.125. The van der Waals surface area contributed by atoms with Gasteiger partial charge in [-0.1, -0.05) is 30.3 Å². The Morgan fingerprint density at radius 1 is 1.13 bits per heavy atom. The smallest absolute Gasteiger partial charge is 0.269 e. The highest BCUT2D eigenvalue weighted by molar-refractivity contribution is 7.90. The molecular weight excluding hydrogens is 314 g/mol. The lowest BCUT2D eigenvalue weighted by Gasteiger charge is -2.05. The topological polar surface area (TPSA) is 95.1 Å². The summed E-state index contributed by atoms with van der Waals surface area (Å²) in [5.74, 6) is -0.577. The van der Waals surface area contributed by atoms with Gasteiger partial charge in [-0.05, 0) is 23.8 Å². The molecule has 0 radical (unpaired) electrons. The van der Waals surface area contributed by atoms with Crippen LogP contribution >= 0.6 is 0 Å². The minimum absolute atomic E-state index is 0.230. The molecule has 0 spiro atoms. The Morgan fingerprint density at radius 2 is 1.78 bits per heavy atom. The normalized spacial score (nSPS) is 11.7. The number of rotatable bonds is 4. The number of sulfone groups is 1. The van der Waals surface area contributed by atoms with Crippen LogP contribution in [-0.4, -0.2) is 30.4 Å². The van der Waals surface area contributed by atoms with Crippen molar-refractivity contribution in [2.75, 3.05) is 6.26 Å². The zero-order valence-corrected chi connectivity index (χ0v) is 13.2. The fourth-order valence-electron chi connectivity index (χ4n) is 2.44. The van der Waals surface area contributed by atoms with Crippen molar-refractivity contribution in [3.8, 4) is 0 Å². The average molecular weight is 329 g/mol. The summed E-state index contributed by atoms with van der Waals surface area (Å²) in [7, 11) is -3.22. The Morgan fingerprint density at radius 3 is 2.39 bits per heavy atom. The highest BCUT2D eigenvalue weighted by atomic mass is 32.2. The second kappa shape index (κ2) is 5.51. The van der Waals surface area contributed by atoms with E-state index in [9.17, 15) is 13.2 Å². The fourth-order valence-corrected chi connectivity index (χ4v) is 3.08. The van der Waals surface area contributed by atoms with E-state index >= 15 is 0 Å². The number of carbonyl (C=O) groups is 1. The summed E-state index contributed by atoms with van der Waals surface area (Å²) in [6.07, 6.45) is 1.17. The Balaban J connectivity index is 2.00. The van der Waals surface area contributed by atoms with Crippen molar-refractivity contribution < 1.29 is 13.2 Å². The molecule has 0 atom stereocenters. The van der Waals surface area contributed by atoms with Crippen molar-refractivity contribution >= 4 is 26.6 Å². The van der Waals surface area contributed by atoms with Gasteiger partial charge < -0.3 is 5.73 Å². The predicted octanol–water partition coefficient (Wildman–Crippen LogP) is 1.59. The molecule has 1 amide bonds. The number of aromatic nitrogens is 2. The third-order valence-corrected chi connectivity index (χ3v) is 4.70. The molecular formula is C16H15N3O3S. The summed E-state index contributed by atoms with van der Waals surface area (Å²) in [5.41, 5.74) is 7.28. The van der Waals surface area contributed by atoms with Gasteiger partial charge in [-0.3, -0.25) is 9.48 Å². The standard InChI is InChI=1S/C16H15N3O3S/c1-23(21,22)12-8-6-11(7-9-12)10-19-14-5-3-2-4-13(14)15(18-19)16(17)20/h2-9H,10H2,1H3,(H2,17,20). The van der Waals surface area contributed by atoms with E-state index in [0.29, 0.717) is 11.9 Å². The molecule has 0 saturated heterocycles. The van der Waals surface area contributed by atoms with Crippen LogP contribution in [0.2, 0.25) is 0 Å². The molecule has 3 rings (SSSR count). The van der Waals surface area contributed by atoms with Crippen LogP contribution in [0.25, 0.3) is 10.9 Å². The summed E-state index contributed by atoms with van der Waals surface area (Å²) in [4.78, 5) is 11.8. The Kier molecular flexibility index (Phi) is 3.65. The van der Waals surface area contributed by atoms with E-state index in [0.717, 1.165) is 11.1 Å². The molecule has 0 unspecified atom stereocenters. The van der Waals surface area contributed by atoms with Crippen LogP contribution in [0.3, 0.4) is 0 Å². The van der Waals surface area contributed by atoms with E-state index in [1.54, 1.807) is 35.0 Å². The zero-order valence-electron chi connectivity index (χ0n) is 12.4. The number of fused-ring (bicyclic) bond motifs is 1. The third-order valence-electron chi connectivity index (χ3n) is 3.58. The quantitative estimate of drug-likeness (QED) is 0.786. The lowest BCUT2D eigenvalue weighted by atomic mass is 10.2. The molecule has 23 heavy (non-hydrogen) atoms. The predicted molar refractivity (Wildman–Crippen MR) is 86.9 cm³/mol. The van der Waals surface area contributed by atoms with E-state index in [1.165, 1.54) is 6.26 Å². The van der Waals surface area contributed by atoms with Crippen LogP contribution in [0.1, 0.15) is 16.1 Å². The molecule has 118 valence electrons.